The minimum absolute atomic E-state index is 0.822. The van der Waals surface area contributed by atoms with Crippen molar-refractivity contribution in [2.75, 3.05) is 46.3 Å². The van der Waals surface area contributed by atoms with Gasteiger partial charge in [0.1, 0.15) is 0 Å². The van der Waals surface area contributed by atoms with Crippen LogP contribution in [0.1, 0.15) is 26.7 Å². The van der Waals surface area contributed by atoms with Crippen LogP contribution in [-0.4, -0.2) is 62.2 Å². The van der Waals surface area contributed by atoms with Gasteiger partial charge in [0, 0.05) is 38.8 Å². The lowest BCUT2D eigenvalue weighted by Gasteiger charge is -2.39. The quantitative estimate of drug-likeness (QED) is 0.701. The Morgan fingerprint density at radius 3 is 2.27 bits per heavy atom. The summed E-state index contributed by atoms with van der Waals surface area (Å²) in [5.74, 6) is 0. The minimum Gasteiger partial charge on any atom is -0.315 e. The van der Waals surface area contributed by atoms with Gasteiger partial charge in [-0.3, -0.25) is 4.90 Å². The van der Waals surface area contributed by atoms with E-state index in [0.717, 1.165) is 6.04 Å². The van der Waals surface area contributed by atoms with Crippen molar-refractivity contribution in [3.8, 4) is 0 Å². The second-order valence-electron chi connectivity index (χ2n) is 4.34. The highest BCUT2D eigenvalue weighted by Crippen LogP contribution is 2.12. The molecule has 3 heteroatoms. The summed E-state index contributed by atoms with van der Waals surface area (Å²) in [5.41, 5.74) is 0. The molecule has 2 aliphatic heterocycles. The molecule has 0 amide bonds. The average Bonchev–Trinajstić information content (AvgIpc) is 2.34. The smallest absolute Gasteiger partial charge is 0.0222 e. The predicted octanol–water partition coefficient (Wildman–Crippen LogP) is 1.01. The topological polar surface area (TPSA) is 18.5 Å². The first kappa shape index (κ1) is 12.9. The van der Waals surface area contributed by atoms with Gasteiger partial charge in [-0.2, -0.15) is 0 Å². The van der Waals surface area contributed by atoms with E-state index in [9.17, 15) is 0 Å². The van der Waals surface area contributed by atoms with E-state index in [1.165, 1.54) is 52.1 Å². The van der Waals surface area contributed by atoms with Crippen molar-refractivity contribution in [1.29, 1.82) is 0 Å². The highest BCUT2D eigenvalue weighted by atomic mass is 15.3. The van der Waals surface area contributed by atoms with Crippen LogP contribution in [-0.2, 0) is 0 Å². The molecule has 2 saturated heterocycles. The molecule has 2 fully saturated rings. The highest BCUT2D eigenvalue weighted by molar-refractivity contribution is 4.81. The van der Waals surface area contributed by atoms with Gasteiger partial charge in [-0.05, 0) is 26.4 Å². The average molecular weight is 213 g/mol. The first-order valence-electron chi connectivity index (χ1n) is 6.49. The van der Waals surface area contributed by atoms with Gasteiger partial charge < -0.3 is 10.2 Å². The summed E-state index contributed by atoms with van der Waals surface area (Å²) in [7, 11) is 2.22. The molecule has 15 heavy (non-hydrogen) atoms. The zero-order valence-electron chi connectivity index (χ0n) is 10.6. The molecule has 1 N–H and O–H groups in total. The Hall–Kier alpha value is -0.120. The zero-order chi connectivity index (χ0) is 11.1. The molecule has 2 rings (SSSR count). The van der Waals surface area contributed by atoms with E-state index in [-0.39, 0.29) is 0 Å². The zero-order valence-corrected chi connectivity index (χ0v) is 10.6. The van der Waals surface area contributed by atoms with Gasteiger partial charge >= 0.3 is 0 Å². The van der Waals surface area contributed by atoms with Crippen LogP contribution in [0.4, 0.5) is 0 Å². The van der Waals surface area contributed by atoms with Crippen LogP contribution in [0.15, 0.2) is 0 Å². The van der Waals surface area contributed by atoms with Crippen LogP contribution < -0.4 is 5.32 Å². The fourth-order valence-corrected chi connectivity index (χ4v) is 2.33. The Bertz CT molecular complexity index is 147. The summed E-state index contributed by atoms with van der Waals surface area (Å²) in [5, 5.41) is 3.49. The minimum atomic E-state index is 0.822. The molecule has 0 aromatic carbocycles. The van der Waals surface area contributed by atoms with Crippen molar-refractivity contribution < 1.29 is 0 Å². The van der Waals surface area contributed by atoms with Gasteiger partial charge in [0.25, 0.3) is 0 Å². The Labute approximate surface area is 94.8 Å². The van der Waals surface area contributed by atoms with Crippen molar-refractivity contribution in [3.05, 3.63) is 0 Å². The first-order valence-corrected chi connectivity index (χ1v) is 6.49. The lowest BCUT2D eigenvalue weighted by Crippen LogP contribution is -2.53. The molecule has 1 unspecified atom stereocenters. The summed E-state index contributed by atoms with van der Waals surface area (Å²) in [6.45, 7) is 11.5. The summed E-state index contributed by atoms with van der Waals surface area (Å²) >= 11 is 0. The number of piperazine rings is 1. The predicted molar refractivity (Wildman–Crippen MR) is 66.3 cm³/mol. The maximum Gasteiger partial charge on any atom is 0.0222 e. The molecular weight excluding hydrogens is 186 g/mol. The summed E-state index contributed by atoms with van der Waals surface area (Å²) < 4.78 is 0. The number of likely N-dealkylation sites (N-methyl/N-ethyl adjacent to an activating group) is 1. The maximum absolute atomic E-state index is 3.49. The van der Waals surface area contributed by atoms with Gasteiger partial charge in [0.05, 0.1) is 0 Å². The molecule has 0 spiro atoms. The van der Waals surface area contributed by atoms with Crippen LogP contribution in [0.5, 0.6) is 0 Å². The van der Waals surface area contributed by atoms with E-state index in [4.69, 9.17) is 0 Å². The lowest BCUT2D eigenvalue weighted by atomic mass is 10.1. The van der Waals surface area contributed by atoms with E-state index >= 15 is 0 Å². The van der Waals surface area contributed by atoms with Crippen LogP contribution in [0, 0.1) is 0 Å². The number of hydrogen-bond donors (Lipinski definition) is 1. The van der Waals surface area contributed by atoms with E-state index in [1.807, 2.05) is 13.8 Å². The van der Waals surface area contributed by atoms with E-state index < -0.39 is 0 Å². The second kappa shape index (κ2) is 7.20. The van der Waals surface area contributed by atoms with Crippen molar-refractivity contribution in [2.24, 2.45) is 0 Å². The van der Waals surface area contributed by atoms with Gasteiger partial charge in [0.15, 0.2) is 0 Å². The summed E-state index contributed by atoms with van der Waals surface area (Å²) in [6.07, 6.45) is 2.76. The Morgan fingerprint density at radius 2 is 1.73 bits per heavy atom. The second-order valence-corrected chi connectivity index (χ2v) is 4.34. The van der Waals surface area contributed by atoms with E-state index in [0.29, 0.717) is 0 Å². The number of rotatable bonds is 1. The molecule has 0 aliphatic carbocycles. The fourth-order valence-electron chi connectivity index (χ4n) is 2.33. The largest absolute Gasteiger partial charge is 0.315 e. The molecule has 2 aliphatic rings. The fraction of sp³-hybridized carbons (Fsp3) is 1.00. The molecule has 0 bridgehead atoms. The van der Waals surface area contributed by atoms with Crippen molar-refractivity contribution in [1.82, 2.24) is 15.1 Å². The molecule has 90 valence electrons. The number of nitrogens with one attached hydrogen (secondary N) is 1. The van der Waals surface area contributed by atoms with Crippen LogP contribution in [0.2, 0.25) is 0 Å². The Kier molecular flexibility index (Phi) is 6.22. The Balaban J connectivity index is 0.000000531. The molecule has 0 saturated carbocycles. The maximum atomic E-state index is 3.49. The first-order chi connectivity index (χ1) is 7.36. The molecule has 3 nitrogen and oxygen atoms in total. The Morgan fingerprint density at radius 1 is 1.07 bits per heavy atom. The van der Waals surface area contributed by atoms with Gasteiger partial charge in [-0.15, -0.1) is 0 Å². The van der Waals surface area contributed by atoms with Crippen LogP contribution >= 0.6 is 0 Å². The number of nitrogens with zero attached hydrogens (tertiary/aromatic N) is 2. The SMILES string of the molecule is CC.CN1CCN(C2CCCNC2)CC1. The van der Waals surface area contributed by atoms with Crippen LogP contribution in [0.3, 0.4) is 0 Å². The number of piperidine rings is 1. The third-order valence-electron chi connectivity index (χ3n) is 3.33. The molecule has 0 aromatic heterocycles. The third-order valence-corrected chi connectivity index (χ3v) is 3.33. The third kappa shape index (κ3) is 4.09. The summed E-state index contributed by atoms with van der Waals surface area (Å²) in [4.78, 5) is 5.08. The van der Waals surface area contributed by atoms with Gasteiger partial charge in [-0.1, -0.05) is 13.8 Å². The molecule has 0 aromatic rings. The van der Waals surface area contributed by atoms with Gasteiger partial charge in [-0.25, -0.2) is 0 Å². The van der Waals surface area contributed by atoms with Crippen LogP contribution in [0.25, 0.3) is 0 Å². The standard InChI is InChI=1S/C10H21N3.C2H6/c1-12-5-7-13(8-6-12)10-3-2-4-11-9-10;1-2/h10-11H,2-9H2,1H3;1-2H3. The molecule has 1 atom stereocenters. The van der Waals surface area contributed by atoms with Crippen molar-refractivity contribution in [3.63, 3.8) is 0 Å². The lowest BCUT2D eigenvalue weighted by molar-refractivity contribution is 0.0974. The summed E-state index contributed by atoms with van der Waals surface area (Å²) in [6, 6.07) is 0.822. The molecular formula is C12H27N3. The normalized spacial score (nSPS) is 29.4. The van der Waals surface area contributed by atoms with Crippen molar-refractivity contribution >= 4 is 0 Å². The van der Waals surface area contributed by atoms with E-state index in [1.54, 1.807) is 0 Å². The number of hydrogen-bond acceptors (Lipinski definition) is 3. The monoisotopic (exact) mass is 213 g/mol. The highest BCUT2D eigenvalue weighted by Gasteiger charge is 2.23. The van der Waals surface area contributed by atoms with Gasteiger partial charge in [0.2, 0.25) is 0 Å². The van der Waals surface area contributed by atoms with E-state index in [2.05, 4.69) is 22.2 Å². The van der Waals surface area contributed by atoms with Crippen molar-refractivity contribution in [2.45, 2.75) is 32.7 Å². The molecule has 0 radical (unpaired) electrons. The molecule has 2 heterocycles.